The first kappa shape index (κ1) is 21.2. The zero-order chi connectivity index (χ0) is 21.0. The van der Waals surface area contributed by atoms with Gasteiger partial charge in [0, 0.05) is 23.3 Å². The van der Waals surface area contributed by atoms with Crippen LogP contribution in [0.4, 0.5) is 18.9 Å². The maximum atomic E-state index is 12.9. The van der Waals surface area contributed by atoms with Gasteiger partial charge in [-0.1, -0.05) is 11.6 Å². The molecule has 0 atom stereocenters. The predicted octanol–water partition coefficient (Wildman–Crippen LogP) is 4.92. The number of hydrogen-bond donors (Lipinski definition) is 2. The first-order valence-electron chi connectivity index (χ1n) is 9.21. The van der Waals surface area contributed by atoms with Crippen LogP contribution in [0.15, 0.2) is 36.4 Å². The van der Waals surface area contributed by atoms with Crippen LogP contribution < -0.4 is 15.4 Å². The number of rotatable bonds is 5. The Kier molecular flexibility index (Phi) is 6.52. The minimum Gasteiger partial charge on any atom is -0.497 e. The molecule has 5 nitrogen and oxygen atoms in total. The summed E-state index contributed by atoms with van der Waals surface area (Å²) in [7, 11) is 1.56. The highest BCUT2D eigenvalue weighted by atomic mass is 35.5. The largest absolute Gasteiger partial charge is 0.497 e. The molecular formula is C20H21ClF3N3O2. The summed E-state index contributed by atoms with van der Waals surface area (Å²) in [5.74, 6) is 0.526. The monoisotopic (exact) mass is 427 g/mol. The van der Waals surface area contributed by atoms with Gasteiger partial charge in [-0.25, -0.2) is 4.98 Å². The number of ether oxygens (including phenoxy) is 1. The summed E-state index contributed by atoms with van der Waals surface area (Å²) < 4.78 is 43.7. The SMILES string of the molecule is COc1ccc(C(=O)N[C@H]2CC[C@@H](Nc3cc(Cl)nc(C(F)(F)F)c3)CC2)cc1. The number of amides is 1. The van der Waals surface area contributed by atoms with E-state index in [-0.39, 0.29) is 23.1 Å². The van der Waals surface area contributed by atoms with E-state index in [0.717, 1.165) is 31.7 Å². The van der Waals surface area contributed by atoms with Crippen LogP contribution in [-0.4, -0.2) is 30.1 Å². The second kappa shape index (κ2) is 8.90. The van der Waals surface area contributed by atoms with Gasteiger partial charge in [0.25, 0.3) is 5.91 Å². The Morgan fingerprint density at radius 2 is 1.72 bits per heavy atom. The van der Waals surface area contributed by atoms with Crippen LogP contribution in [0.3, 0.4) is 0 Å². The lowest BCUT2D eigenvalue weighted by atomic mass is 9.90. The zero-order valence-electron chi connectivity index (χ0n) is 15.7. The smallest absolute Gasteiger partial charge is 0.433 e. The van der Waals surface area contributed by atoms with Gasteiger partial charge in [0.1, 0.15) is 16.6 Å². The van der Waals surface area contributed by atoms with E-state index in [2.05, 4.69) is 15.6 Å². The van der Waals surface area contributed by atoms with Crippen molar-refractivity contribution in [3.8, 4) is 5.75 Å². The first-order valence-corrected chi connectivity index (χ1v) is 9.58. The van der Waals surface area contributed by atoms with Gasteiger partial charge in [-0.2, -0.15) is 13.2 Å². The minimum absolute atomic E-state index is 0.00342. The molecule has 1 saturated carbocycles. The quantitative estimate of drug-likeness (QED) is 0.665. The molecule has 1 heterocycles. The molecule has 0 bridgehead atoms. The number of nitrogens with one attached hydrogen (secondary N) is 2. The van der Waals surface area contributed by atoms with E-state index < -0.39 is 11.9 Å². The van der Waals surface area contributed by atoms with Gasteiger partial charge in [-0.05, 0) is 62.1 Å². The highest BCUT2D eigenvalue weighted by Gasteiger charge is 2.33. The zero-order valence-corrected chi connectivity index (χ0v) is 16.5. The molecule has 0 radical (unpaired) electrons. The molecule has 0 spiro atoms. The number of aromatic nitrogens is 1. The van der Waals surface area contributed by atoms with Crippen LogP contribution in [0.25, 0.3) is 0 Å². The third-order valence-electron chi connectivity index (χ3n) is 4.87. The van der Waals surface area contributed by atoms with Gasteiger partial charge in [-0.15, -0.1) is 0 Å². The number of alkyl halides is 3. The summed E-state index contributed by atoms with van der Waals surface area (Å²) in [6, 6.07) is 9.23. The fourth-order valence-electron chi connectivity index (χ4n) is 3.35. The van der Waals surface area contributed by atoms with Crippen molar-refractivity contribution in [3.63, 3.8) is 0 Å². The van der Waals surface area contributed by atoms with Crippen LogP contribution in [0.2, 0.25) is 5.15 Å². The molecule has 1 aliphatic rings. The van der Waals surface area contributed by atoms with Gasteiger partial charge in [0.15, 0.2) is 0 Å². The molecule has 3 rings (SSSR count). The number of halogens is 4. The average Bonchev–Trinajstić information content (AvgIpc) is 2.68. The number of anilines is 1. The van der Waals surface area contributed by atoms with Crippen molar-refractivity contribution >= 4 is 23.2 Å². The lowest BCUT2D eigenvalue weighted by Crippen LogP contribution is -2.40. The molecular weight excluding hydrogens is 407 g/mol. The van der Waals surface area contributed by atoms with E-state index >= 15 is 0 Å². The second-order valence-corrected chi connectivity index (χ2v) is 7.34. The highest BCUT2D eigenvalue weighted by Crippen LogP contribution is 2.32. The van der Waals surface area contributed by atoms with Crippen LogP contribution in [0.1, 0.15) is 41.7 Å². The maximum absolute atomic E-state index is 12.9. The Morgan fingerprint density at radius 1 is 1.10 bits per heavy atom. The summed E-state index contributed by atoms with van der Waals surface area (Å²) in [5, 5.41) is 5.90. The highest BCUT2D eigenvalue weighted by molar-refractivity contribution is 6.29. The van der Waals surface area contributed by atoms with Gasteiger partial charge in [0.05, 0.1) is 7.11 Å². The Labute approximate surface area is 171 Å². The van der Waals surface area contributed by atoms with Crippen molar-refractivity contribution in [1.82, 2.24) is 10.3 Å². The van der Waals surface area contributed by atoms with Crippen LogP contribution in [-0.2, 0) is 6.18 Å². The third-order valence-corrected chi connectivity index (χ3v) is 5.06. The van der Waals surface area contributed by atoms with Gasteiger partial charge >= 0.3 is 6.18 Å². The first-order chi connectivity index (χ1) is 13.7. The molecule has 2 aromatic rings. The normalized spacial score (nSPS) is 19.5. The molecule has 29 heavy (non-hydrogen) atoms. The molecule has 156 valence electrons. The average molecular weight is 428 g/mol. The number of methoxy groups -OCH3 is 1. The van der Waals surface area contributed by atoms with Crippen molar-refractivity contribution in [3.05, 3.63) is 52.8 Å². The Balaban J connectivity index is 1.53. The number of hydrogen-bond acceptors (Lipinski definition) is 4. The summed E-state index contributed by atoms with van der Waals surface area (Å²) in [4.78, 5) is 15.7. The van der Waals surface area contributed by atoms with Crippen molar-refractivity contribution in [2.24, 2.45) is 0 Å². The Morgan fingerprint density at radius 3 is 2.31 bits per heavy atom. The topological polar surface area (TPSA) is 63.2 Å². The van der Waals surface area contributed by atoms with Crippen molar-refractivity contribution < 1.29 is 22.7 Å². The Hall–Kier alpha value is -2.48. The van der Waals surface area contributed by atoms with Crippen molar-refractivity contribution in [2.45, 2.75) is 43.9 Å². The lowest BCUT2D eigenvalue weighted by molar-refractivity contribution is -0.141. The fraction of sp³-hybridized carbons (Fsp3) is 0.400. The molecule has 2 N–H and O–H groups in total. The van der Waals surface area contributed by atoms with E-state index in [0.29, 0.717) is 17.0 Å². The summed E-state index contributed by atoms with van der Waals surface area (Å²) in [6.07, 6.45) is -1.66. The van der Waals surface area contributed by atoms with Gasteiger partial charge < -0.3 is 15.4 Å². The van der Waals surface area contributed by atoms with E-state index in [9.17, 15) is 18.0 Å². The number of pyridine rings is 1. The maximum Gasteiger partial charge on any atom is 0.433 e. The van der Waals surface area contributed by atoms with Crippen LogP contribution >= 0.6 is 11.6 Å². The fourth-order valence-corrected chi connectivity index (χ4v) is 3.56. The predicted molar refractivity (Wildman–Crippen MR) is 104 cm³/mol. The van der Waals surface area contributed by atoms with Crippen LogP contribution in [0, 0.1) is 0 Å². The molecule has 1 aliphatic carbocycles. The van der Waals surface area contributed by atoms with Crippen molar-refractivity contribution in [1.29, 1.82) is 0 Å². The minimum atomic E-state index is -4.55. The summed E-state index contributed by atoms with van der Waals surface area (Å²) in [5.41, 5.74) is -0.173. The molecule has 0 unspecified atom stereocenters. The Bertz CT molecular complexity index is 851. The van der Waals surface area contributed by atoms with Crippen LogP contribution in [0.5, 0.6) is 5.75 Å². The standard InChI is InChI=1S/C20H21ClF3N3O2/c1-29-16-8-2-12(3-9-16)19(28)26-14-6-4-13(5-7-14)25-15-10-17(20(22,23)24)27-18(21)11-15/h2-3,8-11,13-14H,4-7H2,1H3,(H,25,27)(H,26,28)/t13-,14+. The molecule has 0 aliphatic heterocycles. The van der Waals surface area contributed by atoms with E-state index in [1.54, 1.807) is 31.4 Å². The van der Waals surface area contributed by atoms with Gasteiger partial charge in [-0.3, -0.25) is 4.79 Å². The summed E-state index contributed by atoms with van der Waals surface area (Å²) >= 11 is 5.72. The molecule has 1 amide bonds. The number of carbonyl (C=O) groups excluding carboxylic acids is 1. The lowest BCUT2D eigenvalue weighted by Gasteiger charge is -2.30. The van der Waals surface area contributed by atoms with E-state index in [4.69, 9.17) is 16.3 Å². The number of benzene rings is 1. The number of carbonyl (C=O) groups is 1. The molecule has 1 aromatic carbocycles. The number of nitrogens with zero attached hydrogens (tertiary/aromatic N) is 1. The van der Waals surface area contributed by atoms with Crippen molar-refractivity contribution in [2.75, 3.05) is 12.4 Å². The summed E-state index contributed by atoms with van der Waals surface area (Å²) in [6.45, 7) is 0. The molecule has 0 saturated heterocycles. The molecule has 1 fully saturated rings. The molecule has 1 aromatic heterocycles. The van der Waals surface area contributed by atoms with E-state index in [1.165, 1.54) is 6.07 Å². The third kappa shape index (κ3) is 5.76. The van der Waals surface area contributed by atoms with Gasteiger partial charge in [0.2, 0.25) is 0 Å². The molecule has 9 heteroatoms. The van der Waals surface area contributed by atoms with E-state index in [1.807, 2.05) is 0 Å². The second-order valence-electron chi connectivity index (χ2n) is 6.96.